The summed E-state index contributed by atoms with van der Waals surface area (Å²) in [5, 5.41) is 0. The van der Waals surface area contributed by atoms with Crippen LogP contribution >= 0.6 is 0 Å². The Balaban J connectivity index is 0. The van der Waals surface area contributed by atoms with Crippen LogP contribution in [0.5, 0.6) is 0 Å². The zero-order valence-electron chi connectivity index (χ0n) is 3.46. The second-order valence-corrected chi connectivity index (χ2v) is 0. The van der Waals surface area contributed by atoms with Gasteiger partial charge in [-0.1, -0.05) is 0 Å². The van der Waals surface area contributed by atoms with E-state index in [1.54, 1.807) is 0 Å². The Bertz CT molecular complexity index is 9.61. The maximum absolute atomic E-state index is 0. The molecule has 0 amide bonds. The van der Waals surface area contributed by atoms with E-state index in [2.05, 4.69) is 0 Å². The number of halogens is 2. The average Bonchev–Trinajstić information content (AvgIpc) is 0. The molecule has 18 valence electrons. The van der Waals surface area contributed by atoms with E-state index < -0.39 is 0 Å². The molecule has 0 spiro atoms. The van der Waals surface area contributed by atoms with Gasteiger partial charge < -0.3 is 35.4 Å². The SMILES string of the molecule is [Br-].[Br-].[H-].[Li+].[Zn+2]. The molecule has 0 bridgehead atoms. The summed E-state index contributed by atoms with van der Waals surface area (Å²) in [6.07, 6.45) is 0. The zero-order valence-corrected chi connectivity index (χ0v) is 8.60. The molecule has 0 saturated carbocycles. The van der Waals surface area contributed by atoms with Crippen LogP contribution < -0.4 is 52.8 Å². The van der Waals surface area contributed by atoms with Gasteiger partial charge in [-0.3, -0.25) is 0 Å². The van der Waals surface area contributed by atoms with Crippen LogP contribution in [-0.4, -0.2) is 0 Å². The molecule has 0 saturated heterocycles. The molecule has 0 atom stereocenters. The largest absolute Gasteiger partial charge is 2.00 e. The van der Waals surface area contributed by atoms with E-state index in [0.717, 1.165) is 0 Å². The minimum absolute atomic E-state index is 0. The fourth-order valence-corrected chi connectivity index (χ4v) is 0. The third-order valence-corrected chi connectivity index (χ3v) is 0. The van der Waals surface area contributed by atoms with E-state index in [9.17, 15) is 0 Å². The van der Waals surface area contributed by atoms with Gasteiger partial charge in [0.25, 0.3) is 0 Å². The molecule has 4 heavy (non-hydrogen) atoms. The summed E-state index contributed by atoms with van der Waals surface area (Å²) >= 11 is 0. The number of hydrogen-bond donors (Lipinski definition) is 0. The average molecular weight is 233 g/mol. The van der Waals surface area contributed by atoms with Crippen molar-refractivity contribution in [3.05, 3.63) is 0 Å². The number of rotatable bonds is 0. The van der Waals surface area contributed by atoms with Crippen LogP contribution in [0.4, 0.5) is 0 Å². The smallest absolute Gasteiger partial charge is 1.00 e. The van der Waals surface area contributed by atoms with Crippen molar-refractivity contribution >= 4 is 0 Å². The second-order valence-electron chi connectivity index (χ2n) is 0. The van der Waals surface area contributed by atoms with E-state index in [1.807, 2.05) is 0 Å². The van der Waals surface area contributed by atoms with E-state index in [1.165, 1.54) is 0 Å². The molecule has 0 heterocycles. The molecular formula is HBr2LiZn. The molecule has 0 aliphatic rings. The zero-order chi connectivity index (χ0) is 0. The molecule has 0 unspecified atom stereocenters. The van der Waals surface area contributed by atoms with Gasteiger partial charge in [-0.2, -0.15) is 0 Å². The molecule has 0 aromatic rings. The molecular weight excluding hydrogens is 232 g/mol. The third-order valence-electron chi connectivity index (χ3n) is 0. The number of hydrogen-bond acceptors (Lipinski definition) is 0. The van der Waals surface area contributed by atoms with Crippen molar-refractivity contribution in [2.24, 2.45) is 0 Å². The summed E-state index contributed by atoms with van der Waals surface area (Å²) in [6.45, 7) is 0. The van der Waals surface area contributed by atoms with Gasteiger partial charge in [0.2, 0.25) is 0 Å². The summed E-state index contributed by atoms with van der Waals surface area (Å²) in [4.78, 5) is 0. The Morgan fingerprint density at radius 2 is 1.00 bits per heavy atom. The van der Waals surface area contributed by atoms with Crippen molar-refractivity contribution in [2.45, 2.75) is 0 Å². The summed E-state index contributed by atoms with van der Waals surface area (Å²) in [5.74, 6) is 0. The van der Waals surface area contributed by atoms with Gasteiger partial charge in [-0.15, -0.1) is 0 Å². The summed E-state index contributed by atoms with van der Waals surface area (Å²) < 4.78 is 0. The van der Waals surface area contributed by atoms with Gasteiger partial charge in [0, 0.05) is 0 Å². The fraction of sp³-hybridized carbons (Fsp3) is 0. The van der Waals surface area contributed by atoms with Crippen LogP contribution in [0.25, 0.3) is 0 Å². The third kappa shape index (κ3) is 8.89. The molecule has 0 nitrogen and oxygen atoms in total. The van der Waals surface area contributed by atoms with Crippen LogP contribution in [0.1, 0.15) is 1.43 Å². The Labute approximate surface area is 73.1 Å². The molecule has 4 heteroatoms. The summed E-state index contributed by atoms with van der Waals surface area (Å²) in [7, 11) is 0. The van der Waals surface area contributed by atoms with E-state index in [-0.39, 0.29) is 73.7 Å². The maximum atomic E-state index is 0. The Morgan fingerprint density at radius 1 is 1.00 bits per heavy atom. The fourth-order valence-electron chi connectivity index (χ4n) is 0. The molecule has 0 aromatic carbocycles. The van der Waals surface area contributed by atoms with Gasteiger partial charge in [0.1, 0.15) is 0 Å². The van der Waals surface area contributed by atoms with Gasteiger partial charge in [-0.25, -0.2) is 0 Å². The van der Waals surface area contributed by atoms with Gasteiger partial charge in [0.05, 0.1) is 0 Å². The summed E-state index contributed by atoms with van der Waals surface area (Å²) in [6, 6.07) is 0. The first-order chi connectivity index (χ1) is 0. The predicted molar refractivity (Wildman–Crippen MR) is 1.11 cm³/mol. The van der Waals surface area contributed by atoms with Crippen LogP contribution in [0.15, 0.2) is 0 Å². The normalized spacial score (nSPS) is 0. The quantitative estimate of drug-likeness (QED) is 0.365. The van der Waals surface area contributed by atoms with Gasteiger partial charge in [-0.05, 0) is 0 Å². The van der Waals surface area contributed by atoms with Crippen molar-refractivity contribution < 1.29 is 73.7 Å². The molecule has 0 fully saturated rings. The molecule has 0 rings (SSSR count). The standard InChI is InChI=1S/2BrH.Li.Zn.H/h2*1H;;;/q;;+1;+2;-1/p-2. The minimum atomic E-state index is 0. The second kappa shape index (κ2) is 19.0. The molecule has 0 aliphatic carbocycles. The summed E-state index contributed by atoms with van der Waals surface area (Å²) in [5.41, 5.74) is 0. The van der Waals surface area contributed by atoms with Crippen molar-refractivity contribution in [1.29, 1.82) is 0 Å². The minimum Gasteiger partial charge on any atom is -1.00 e. The van der Waals surface area contributed by atoms with Crippen molar-refractivity contribution in [2.75, 3.05) is 0 Å². The Kier molecular flexibility index (Phi) is 166. The molecule has 0 aromatic heterocycles. The van der Waals surface area contributed by atoms with Crippen molar-refractivity contribution in [3.63, 3.8) is 0 Å². The van der Waals surface area contributed by atoms with E-state index in [0.29, 0.717) is 0 Å². The first-order valence-corrected chi connectivity index (χ1v) is 0. The Hall–Kier alpha value is 2.18. The van der Waals surface area contributed by atoms with Crippen LogP contribution in [0, 0.1) is 0 Å². The molecule has 0 N–H and O–H groups in total. The Morgan fingerprint density at radius 3 is 1.00 bits per heavy atom. The van der Waals surface area contributed by atoms with Gasteiger partial charge in [0.15, 0.2) is 0 Å². The van der Waals surface area contributed by atoms with E-state index in [4.69, 9.17) is 0 Å². The predicted octanol–water partition coefficient (Wildman–Crippen LogP) is -8.88. The van der Waals surface area contributed by atoms with Crippen molar-refractivity contribution in [3.8, 4) is 0 Å². The monoisotopic (exact) mass is 230 g/mol. The first-order valence-electron chi connectivity index (χ1n) is 0. The first kappa shape index (κ1) is 34.9. The van der Waals surface area contributed by atoms with Gasteiger partial charge >= 0.3 is 38.3 Å². The maximum Gasteiger partial charge on any atom is 2.00 e. The van der Waals surface area contributed by atoms with Crippen LogP contribution in [0.2, 0.25) is 0 Å². The van der Waals surface area contributed by atoms with E-state index >= 15 is 0 Å². The molecule has 0 radical (unpaired) electrons. The molecule has 0 aliphatic heterocycles. The van der Waals surface area contributed by atoms with Crippen LogP contribution in [-0.2, 0) is 19.5 Å². The van der Waals surface area contributed by atoms with Crippen molar-refractivity contribution in [1.82, 2.24) is 0 Å². The topological polar surface area (TPSA) is 0 Å². The van der Waals surface area contributed by atoms with Crippen LogP contribution in [0.3, 0.4) is 0 Å².